The van der Waals surface area contributed by atoms with E-state index in [1.807, 2.05) is 19.9 Å². The van der Waals surface area contributed by atoms with Gasteiger partial charge in [-0.3, -0.25) is 4.79 Å². The zero-order valence-electron chi connectivity index (χ0n) is 9.89. The van der Waals surface area contributed by atoms with Crippen LogP contribution in [0, 0.1) is 6.92 Å². The van der Waals surface area contributed by atoms with Crippen LogP contribution in [0.15, 0.2) is 16.6 Å². The van der Waals surface area contributed by atoms with Gasteiger partial charge in [-0.25, -0.2) is 0 Å². The smallest absolute Gasteiger partial charge is 0.241 e. The normalized spacial score (nSPS) is 12.3. The average molecular weight is 320 g/mol. The third-order valence-corrected chi connectivity index (χ3v) is 3.51. The van der Waals surface area contributed by atoms with Crippen molar-refractivity contribution in [3.63, 3.8) is 0 Å². The van der Waals surface area contributed by atoms with Crippen molar-refractivity contribution in [2.45, 2.75) is 32.7 Å². The van der Waals surface area contributed by atoms with E-state index in [2.05, 4.69) is 21.2 Å². The highest BCUT2D eigenvalue weighted by molar-refractivity contribution is 9.10. The van der Waals surface area contributed by atoms with Crippen molar-refractivity contribution in [2.75, 3.05) is 5.32 Å². The molecule has 1 amide bonds. The first kappa shape index (κ1) is 14.5. The molecule has 0 radical (unpaired) electrons. The number of benzene rings is 1. The quantitative estimate of drug-likeness (QED) is 0.892. The second-order valence-corrected chi connectivity index (χ2v) is 5.23. The zero-order valence-corrected chi connectivity index (χ0v) is 12.2. The molecule has 1 aromatic rings. The molecule has 0 saturated carbocycles. The molecule has 0 aliphatic carbocycles. The van der Waals surface area contributed by atoms with Crippen molar-refractivity contribution in [3.05, 3.63) is 27.2 Å². The minimum absolute atomic E-state index is 0.188. The van der Waals surface area contributed by atoms with Crippen molar-refractivity contribution >= 4 is 39.1 Å². The molecule has 0 aromatic heterocycles. The molecular weight excluding hydrogens is 304 g/mol. The zero-order chi connectivity index (χ0) is 13.0. The summed E-state index contributed by atoms with van der Waals surface area (Å²) in [6.45, 7) is 3.90. The Morgan fingerprint density at radius 3 is 2.82 bits per heavy atom. The van der Waals surface area contributed by atoms with Crippen molar-refractivity contribution < 1.29 is 4.79 Å². The molecule has 17 heavy (non-hydrogen) atoms. The number of carbonyl (C=O) groups is 1. The number of amides is 1. The highest BCUT2D eigenvalue weighted by Gasteiger charge is 2.14. The summed E-state index contributed by atoms with van der Waals surface area (Å²) in [6, 6.07) is 3.10. The lowest BCUT2D eigenvalue weighted by Gasteiger charge is -2.13. The summed E-state index contributed by atoms with van der Waals surface area (Å²) in [7, 11) is 0. The van der Waals surface area contributed by atoms with Crippen molar-refractivity contribution in [2.24, 2.45) is 5.73 Å². The van der Waals surface area contributed by atoms with Gasteiger partial charge >= 0.3 is 0 Å². The monoisotopic (exact) mass is 318 g/mol. The standard InChI is InChI=1S/C12H16BrClN2O/c1-3-4-10(15)12(17)16-11-6-9(14)7(2)5-8(11)13/h5-6,10H,3-4,15H2,1-2H3,(H,16,17)/t10-/m0/s1. The number of hydrogen-bond acceptors (Lipinski definition) is 2. The Hall–Kier alpha value is -0.580. The number of rotatable bonds is 4. The van der Waals surface area contributed by atoms with Crippen LogP contribution in [0.25, 0.3) is 0 Å². The number of aryl methyl sites for hydroxylation is 1. The summed E-state index contributed by atoms with van der Waals surface area (Å²) in [4.78, 5) is 11.8. The molecular formula is C12H16BrClN2O. The number of hydrogen-bond donors (Lipinski definition) is 2. The minimum Gasteiger partial charge on any atom is -0.324 e. The van der Waals surface area contributed by atoms with Crippen LogP contribution < -0.4 is 11.1 Å². The Balaban J connectivity index is 2.81. The molecule has 0 fully saturated rings. The van der Waals surface area contributed by atoms with E-state index in [4.69, 9.17) is 17.3 Å². The number of halogens is 2. The maximum Gasteiger partial charge on any atom is 0.241 e. The predicted molar refractivity (Wildman–Crippen MR) is 75.4 cm³/mol. The molecule has 0 bridgehead atoms. The summed E-state index contributed by atoms with van der Waals surface area (Å²) in [5.41, 5.74) is 7.34. The second kappa shape index (κ2) is 6.38. The van der Waals surface area contributed by atoms with Crippen LogP contribution in [0.2, 0.25) is 5.02 Å². The summed E-state index contributed by atoms with van der Waals surface area (Å²) < 4.78 is 0.802. The fourth-order valence-electron chi connectivity index (χ4n) is 1.41. The number of carbonyl (C=O) groups excluding carboxylic acids is 1. The van der Waals surface area contributed by atoms with Crippen molar-refractivity contribution in [1.82, 2.24) is 0 Å². The van der Waals surface area contributed by atoms with Gasteiger partial charge in [-0.2, -0.15) is 0 Å². The van der Waals surface area contributed by atoms with Crippen LogP contribution in [-0.4, -0.2) is 11.9 Å². The van der Waals surface area contributed by atoms with Gasteiger partial charge < -0.3 is 11.1 Å². The number of anilines is 1. The van der Waals surface area contributed by atoms with Gasteiger partial charge in [-0.05, 0) is 47.0 Å². The van der Waals surface area contributed by atoms with Gasteiger partial charge in [-0.1, -0.05) is 24.9 Å². The Labute approximate surface area is 115 Å². The Kier molecular flexibility index (Phi) is 5.43. The van der Waals surface area contributed by atoms with Crippen molar-refractivity contribution in [3.8, 4) is 0 Å². The summed E-state index contributed by atoms with van der Waals surface area (Å²) >= 11 is 9.39. The van der Waals surface area contributed by atoms with Crippen LogP contribution in [0.1, 0.15) is 25.3 Å². The maximum atomic E-state index is 11.8. The third kappa shape index (κ3) is 3.98. The van der Waals surface area contributed by atoms with Gasteiger partial charge in [0.15, 0.2) is 0 Å². The van der Waals surface area contributed by atoms with E-state index in [0.717, 1.165) is 16.5 Å². The third-order valence-electron chi connectivity index (χ3n) is 2.44. The largest absolute Gasteiger partial charge is 0.324 e. The van der Waals surface area contributed by atoms with Crippen molar-refractivity contribution in [1.29, 1.82) is 0 Å². The van der Waals surface area contributed by atoms with E-state index >= 15 is 0 Å². The molecule has 1 atom stereocenters. The van der Waals surface area contributed by atoms with Gasteiger partial charge in [0.2, 0.25) is 5.91 Å². The molecule has 0 unspecified atom stereocenters. The number of nitrogens with two attached hydrogens (primary N) is 1. The van der Waals surface area contributed by atoms with Gasteiger partial charge in [0.1, 0.15) is 0 Å². The lowest BCUT2D eigenvalue weighted by atomic mass is 10.1. The molecule has 1 aromatic carbocycles. The van der Waals surface area contributed by atoms with E-state index in [1.54, 1.807) is 6.07 Å². The van der Waals surface area contributed by atoms with Crippen LogP contribution in [0.3, 0.4) is 0 Å². The van der Waals surface area contributed by atoms with Gasteiger partial charge in [0, 0.05) is 9.50 Å². The van der Waals surface area contributed by atoms with E-state index in [0.29, 0.717) is 17.1 Å². The van der Waals surface area contributed by atoms with Gasteiger partial charge in [0.05, 0.1) is 11.7 Å². The molecule has 3 N–H and O–H groups in total. The Morgan fingerprint density at radius 2 is 2.24 bits per heavy atom. The molecule has 0 aliphatic heterocycles. The van der Waals surface area contributed by atoms with E-state index in [-0.39, 0.29) is 5.91 Å². The first-order valence-corrected chi connectivity index (χ1v) is 6.65. The predicted octanol–water partition coefficient (Wildman–Crippen LogP) is 3.48. The van der Waals surface area contributed by atoms with Crippen LogP contribution in [-0.2, 0) is 4.79 Å². The molecule has 1 rings (SSSR count). The SMILES string of the molecule is CCC[C@H](N)C(=O)Nc1cc(Cl)c(C)cc1Br. The van der Waals surface area contributed by atoms with Crippen LogP contribution >= 0.6 is 27.5 Å². The maximum absolute atomic E-state index is 11.8. The Bertz CT molecular complexity index is 423. The first-order chi connectivity index (χ1) is 7.95. The Morgan fingerprint density at radius 1 is 1.59 bits per heavy atom. The van der Waals surface area contributed by atoms with E-state index in [9.17, 15) is 4.79 Å². The minimum atomic E-state index is -0.480. The molecule has 0 spiro atoms. The molecule has 0 heterocycles. The second-order valence-electron chi connectivity index (χ2n) is 3.97. The fraction of sp³-hybridized carbons (Fsp3) is 0.417. The molecule has 94 valence electrons. The lowest BCUT2D eigenvalue weighted by Crippen LogP contribution is -2.35. The van der Waals surface area contributed by atoms with Crippen LogP contribution in [0.4, 0.5) is 5.69 Å². The van der Waals surface area contributed by atoms with Crippen LogP contribution in [0.5, 0.6) is 0 Å². The van der Waals surface area contributed by atoms with Gasteiger partial charge in [0.25, 0.3) is 0 Å². The molecule has 5 heteroatoms. The number of nitrogens with one attached hydrogen (secondary N) is 1. The highest BCUT2D eigenvalue weighted by Crippen LogP contribution is 2.29. The van der Waals surface area contributed by atoms with Gasteiger partial charge in [-0.15, -0.1) is 0 Å². The fourth-order valence-corrected chi connectivity index (χ4v) is 2.13. The van der Waals surface area contributed by atoms with E-state index in [1.165, 1.54) is 0 Å². The average Bonchev–Trinajstić information content (AvgIpc) is 2.26. The lowest BCUT2D eigenvalue weighted by molar-refractivity contribution is -0.117. The molecule has 3 nitrogen and oxygen atoms in total. The summed E-state index contributed by atoms with van der Waals surface area (Å²) in [5, 5.41) is 3.39. The molecule has 0 saturated heterocycles. The molecule has 0 aliphatic rings. The topological polar surface area (TPSA) is 55.1 Å². The highest BCUT2D eigenvalue weighted by atomic mass is 79.9. The van der Waals surface area contributed by atoms with E-state index < -0.39 is 6.04 Å². The first-order valence-electron chi connectivity index (χ1n) is 5.47. The summed E-state index contributed by atoms with van der Waals surface area (Å²) in [5.74, 6) is -0.188. The summed E-state index contributed by atoms with van der Waals surface area (Å²) in [6.07, 6.45) is 1.55.